The molecule has 1 fully saturated rings. The molecule has 1 aromatic carbocycles. The van der Waals surface area contributed by atoms with Gasteiger partial charge in [-0.3, -0.25) is 0 Å². The summed E-state index contributed by atoms with van der Waals surface area (Å²) < 4.78 is 16.1. The van der Waals surface area contributed by atoms with Gasteiger partial charge in [0.05, 0.1) is 20.8 Å². The third kappa shape index (κ3) is 2.60. The maximum atomic E-state index is 5.51. The Bertz CT molecular complexity index is 400. The molecule has 1 N–H and O–H groups in total. The van der Waals surface area contributed by atoms with Crippen LogP contribution in [0.3, 0.4) is 0 Å². The molecule has 1 aliphatic heterocycles. The number of rotatable bonds is 5. The van der Waals surface area contributed by atoms with E-state index in [0.717, 1.165) is 36.6 Å². The number of hydrogen-bond acceptors (Lipinski definition) is 4. The molecule has 1 aliphatic rings. The summed E-state index contributed by atoms with van der Waals surface area (Å²) in [6, 6.07) is 4.11. The fourth-order valence-electron chi connectivity index (χ4n) is 2.49. The van der Waals surface area contributed by atoms with E-state index < -0.39 is 0 Å². The Hall–Kier alpha value is -1.26. The number of hydrogen-bond donors (Lipinski definition) is 1. The molecule has 0 amide bonds. The van der Waals surface area contributed by atoms with Crippen molar-refractivity contribution in [1.29, 1.82) is 0 Å². The Kier molecular flexibility index (Phi) is 4.44. The minimum absolute atomic E-state index is 0.505. The molecule has 4 heteroatoms. The van der Waals surface area contributed by atoms with Crippen molar-refractivity contribution in [2.75, 3.05) is 34.4 Å². The summed E-state index contributed by atoms with van der Waals surface area (Å²) in [5.74, 6) is 2.31. The maximum Gasteiger partial charge on any atom is 0.124 e. The van der Waals surface area contributed by atoms with E-state index in [0.29, 0.717) is 12.5 Å². The van der Waals surface area contributed by atoms with E-state index in [1.807, 2.05) is 6.07 Å². The van der Waals surface area contributed by atoms with Gasteiger partial charge in [-0.25, -0.2) is 0 Å². The predicted octanol–water partition coefficient (Wildman–Crippen LogP) is 1.93. The van der Waals surface area contributed by atoms with E-state index in [1.165, 1.54) is 5.56 Å². The second kappa shape index (κ2) is 6.07. The average molecular weight is 251 g/mol. The smallest absolute Gasteiger partial charge is 0.124 e. The predicted molar refractivity (Wildman–Crippen MR) is 70.5 cm³/mol. The van der Waals surface area contributed by atoms with Gasteiger partial charge in [-0.05, 0) is 25.1 Å². The second-order valence-electron chi connectivity index (χ2n) is 4.53. The molecule has 1 heterocycles. The normalized spacial score (nSPS) is 18.9. The minimum atomic E-state index is 0.505. The van der Waals surface area contributed by atoms with Crippen molar-refractivity contribution in [3.63, 3.8) is 0 Å². The van der Waals surface area contributed by atoms with Crippen molar-refractivity contribution in [3.8, 4) is 11.5 Å². The monoisotopic (exact) mass is 251 g/mol. The highest BCUT2D eigenvalue weighted by atomic mass is 16.5. The number of methoxy groups -OCH3 is 3. The molecular weight excluding hydrogens is 230 g/mol. The maximum absolute atomic E-state index is 5.51. The Morgan fingerprint density at radius 2 is 1.94 bits per heavy atom. The van der Waals surface area contributed by atoms with Crippen LogP contribution in [0.5, 0.6) is 11.5 Å². The van der Waals surface area contributed by atoms with Crippen molar-refractivity contribution in [1.82, 2.24) is 5.32 Å². The van der Waals surface area contributed by atoms with E-state index in [9.17, 15) is 0 Å². The van der Waals surface area contributed by atoms with Crippen LogP contribution in [0, 0.1) is 0 Å². The number of ether oxygens (including phenoxy) is 3. The number of benzene rings is 1. The van der Waals surface area contributed by atoms with Crippen molar-refractivity contribution >= 4 is 0 Å². The standard InChI is InChI=1S/C14H21NO3/c1-16-9-11-6-14(18-3)12(7-13(11)17-2)10-4-5-15-8-10/h6-7,10,15H,4-5,8-9H2,1-3H3. The lowest BCUT2D eigenvalue weighted by atomic mass is 9.95. The van der Waals surface area contributed by atoms with Gasteiger partial charge in [-0.1, -0.05) is 0 Å². The molecule has 0 spiro atoms. The lowest BCUT2D eigenvalue weighted by Gasteiger charge is -2.18. The van der Waals surface area contributed by atoms with Crippen LogP contribution in [0.25, 0.3) is 0 Å². The van der Waals surface area contributed by atoms with Gasteiger partial charge in [-0.2, -0.15) is 0 Å². The summed E-state index contributed by atoms with van der Waals surface area (Å²) >= 11 is 0. The molecular formula is C14H21NO3. The molecule has 0 aliphatic carbocycles. The zero-order valence-electron chi connectivity index (χ0n) is 11.3. The first-order chi connectivity index (χ1) is 8.80. The Morgan fingerprint density at radius 3 is 2.50 bits per heavy atom. The zero-order chi connectivity index (χ0) is 13.0. The Balaban J connectivity index is 2.38. The van der Waals surface area contributed by atoms with Crippen molar-refractivity contribution < 1.29 is 14.2 Å². The molecule has 1 aromatic rings. The summed E-state index contributed by atoms with van der Waals surface area (Å²) in [7, 11) is 5.09. The topological polar surface area (TPSA) is 39.7 Å². The molecule has 2 rings (SSSR count). The van der Waals surface area contributed by atoms with Crippen LogP contribution < -0.4 is 14.8 Å². The first-order valence-electron chi connectivity index (χ1n) is 6.24. The third-order valence-electron chi connectivity index (χ3n) is 3.43. The summed E-state index contributed by atoms with van der Waals surface area (Å²) in [5.41, 5.74) is 2.24. The first-order valence-corrected chi connectivity index (χ1v) is 6.24. The lowest BCUT2D eigenvalue weighted by molar-refractivity contribution is 0.181. The van der Waals surface area contributed by atoms with Gasteiger partial charge < -0.3 is 19.5 Å². The van der Waals surface area contributed by atoms with Crippen molar-refractivity contribution in [3.05, 3.63) is 23.3 Å². The van der Waals surface area contributed by atoms with E-state index in [2.05, 4.69) is 11.4 Å². The van der Waals surface area contributed by atoms with Crippen LogP contribution in [0.1, 0.15) is 23.5 Å². The highest BCUT2D eigenvalue weighted by molar-refractivity contribution is 5.48. The summed E-state index contributed by atoms with van der Waals surface area (Å²) in [5, 5.41) is 3.38. The summed E-state index contributed by atoms with van der Waals surface area (Å²) in [6.07, 6.45) is 1.14. The van der Waals surface area contributed by atoms with Crippen LogP contribution in [-0.4, -0.2) is 34.4 Å². The molecule has 1 atom stereocenters. The number of nitrogens with one attached hydrogen (secondary N) is 1. The van der Waals surface area contributed by atoms with E-state index in [1.54, 1.807) is 21.3 Å². The summed E-state index contributed by atoms with van der Waals surface area (Å²) in [6.45, 7) is 2.60. The highest BCUT2D eigenvalue weighted by Gasteiger charge is 2.22. The molecule has 0 saturated carbocycles. The molecule has 0 bridgehead atoms. The second-order valence-corrected chi connectivity index (χ2v) is 4.53. The quantitative estimate of drug-likeness (QED) is 0.868. The summed E-state index contributed by atoms with van der Waals surface area (Å²) in [4.78, 5) is 0. The van der Waals surface area contributed by atoms with Gasteiger partial charge in [-0.15, -0.1) is 0 Å². The van der Waals surface area contributed by atoms with Crippen LogP contribution in [0.15, 0.2) is 12.1 Å². The Morgan fingerprint density at radius 1 is 1.17 bits per heavy atom. The van der Waals surface area contributed by atoms with Crippen molar-refractivity contribution in [2.45, 2.75) is 18.9 Å². The van der Waals surface area contributed by atoms with E-state index in [4.69, 9.17) is 14.2 Å². The first kappa shape index (κ1) is 13.2. The molecule has 1 unspecified atom stereocenters. The fourth-order valence-corrected chi connectivity index (χ4v) is 2.49. The van der Waals surface area contributed by atoms with Crippen LogP contribution >= 0.6 is 0 Å². The molecule has 18 heavy (non-hydrogen) atoms. The van der Waals surface area contributed by atoms with E-state index >= 15 is 0 Å². The largest absolute Gasteiger partial charge is 0.496 e. The van der Waals surface area contributed by atoms with Gasteiger partial charge in [0, 0.05) is 30.7 Å². The van der Waals surface area contributed by atoms with Gasteiger partial charge in [0.1, 0.15) is 11.5 Å². The molecule has 0 aromatic heterocycles. The third-order valence-corrected chi connectivity index (χ3v) is 3.43. The van der Waals surface area contributed by atoms with Crippen molar-refractivity contribution in [2.24, 2.45) is 0 Å². The minimum Gasteiger partial charge on any atom is -0.496 e. The lowest BCUT2D eigenvalue weighted by Crippen LogP contribution is -2.09. The van der Waals surface area contributed by atoms with Crippen LogP contribution in [-0.2, 0) is 11.3 Å². The fraction of sp³-hybridized carbons (Fsp3) is 0.571. The average Bonchev–Trinajstić information content (AvgIpc) is 2.92. The molecule has 0 radical (unpaired) electrons. The van der Waals surface area contributed by atoms with Gasteiger partial charge >= 0.3 is 0 Å². The van der Waals surface area contributed by atoms with Gasteiger partial charge in [0.15, 0.2) is 0 Å². The highest BCUT2D eigenvalue weighted by Crippen LogP contribution is 2.36. The van der Waals surface area contributed by atoms with Gasteiger partial charge in [0.2, 0.25) is 0 Å². The Labute approximate surface area is 108 Å². The SMILES string of the molecule is COCc1cc(OC)c(C2CCNC2)cc1OC. The van der Waals surface area contributed by atoms with Crippen LogP contribution in [0.2, 0.25) is 0 Å². The van der Waals surface area contributed by atoms with E-state index in [-0.39, 0.29) is 0 Å². The molecule has 1 saturated heterocycles. The zero-order valence-corrected chi connectivity index (χ0v) is 11.3. The molecule has 100 valence electrons. The van der Waals surface area contributed by atoms with Crippen LogP contribution in [0.4, 0.5) is 0 Å². The molecule has 4 nitrogen and oxygen atoms in total. The van der Waals surface area contributed by atoms with Gasteiger partial charge in [0.25, 0.3) is 0 Å².